The van der Waals surface area contributed by atoms with Gasteiger partial charge in [-0.2, -0.15) is 5.10 Å². The van der Waals surface area contributed by atoms with Crippen LogP contribution in [0.25, 0.3) is 0 Å². The normalized spacial score (nSPS) is 18.7. The molecule has 6 heteroatoms. The van der Waals surface area contributed by atoms with Crippen molar-refractivity contribution in [1.82, 2.24) is 19.6 Å². The van der Waals surface area contributed by atoms with Crippen LogP contribution in [-0.2, 0) is 17.9 Å². The Balaban J connectivity index is 1.68. The molecule has 0 radical (unpaired) electrons. The number of halogens is 1. The van der Waals surface area contributed by atoms with Crippen LogP contribution in [0.5, 0.6) is 0 Å². The molecule has 1 aromatic carbocycles. The third-order valence-electron chi connectivity index (χ3n) is 5.23. The molecule has 0 N–H and O–H groups in total. The SMILES string of the molecule is Cc1cnn(CC(=O)N2CCCN(Cc3ccc(F)cc3)[C@@H](C(C)C)C2)c1. The van der Waals surface area contributed by atoms with E-state index >= 15 is 0 Å². The van der Waals surface area contributed by atoms with Crippen molar-refractivity contribution in [3.8, 4) is 0 Å². The molecule has 0 saturated carbocycles. The molecule has 1 aliphatic rings. The molecule has 2 aromatic rings. The van der Waals surface area contributed by atoms with Gasteiger partial charge in [0.05, 0.1) is 6.20 Å². The van der Waals surface area contributed by atoms with Crippen LogP contribution < -0.4 is 0 Å². The summed E-state index contributed by atoms with van der Waals surface area (Å²) in [7, 11) is 0. The van der Waals surface area contributed by atoms with Crippen molar-refractivity contribution in [1.29, 1.82) is 0 Å². The van der Waals surface area contributed by atoms with E-state index in [4.69, 9.17) is 0 Å². The van der Waals surface area contributed by atoms with Crippen LogP contribution in [0.1, 0.15) is 31.4 Å². The summed E-state index contributed by atoms with van der Waals surface area (Å²) in [5.74, 6) is 0.332. The minimum Gasteiger partial charge on any atom is -0.339 e. The first kappa shape index (κ1) is 19.5. The second-order valence-electron chi connectivity index (χ2n) is 7.82. The van der Waals surface area contributed by atoms with Crippen LogP contribution in [0, 0.1) is 18.7 Å². The average molecular weight is 372 g/mol. The number of hydrogen-bond acceptors (Lipinski definition) is 3. The molecule has 0 aliphatic carbocycles. The maximum atomic E-state index is 13.2. The van der Waals surface area contributed by atoms with Crippen LogP contribution in [0.15, 0.2) is 36.7 Å². The van der Waals surface area contributed by atoms with Crippen LogP contribution in [0.3, 0.4) is 0 Å². The number of rotatable bonds is 5. The van der Waals surface area contributed by atoms with Gasteiger partial charge < -0.3 is 4.90 Å². The van der Waals surface area contributed by atoms with Gasteiger partial charge in [-0.25, -0.2) is 4.39 Å². The highest BCUT2D eigenvalue weighted by Crippen LogP contribution is 2.20. The molecule has 1 atom stereocenters. The lowest BCUT2D eigenvalue weighted by molar-refractivity contribution is -0.132. The van der Waals surface area contributed by atoms with Crippen LogP contribution in [-0.4, -0.2) is 51.2 Å². The zero-order valence-electron chi connectivity index (χ0n) is 16.4. The highest BCUT2D eigenvalue weighted by Gasteiger charge is 2.29. The van der Waals surface area contributed by atoms with Crippen molar-refractivity contribution in [3.63, 3.8) is 0 Å². The highest BCUT2D eigenvalue weighted by molar-refractivity contribution is 5.76. The van der Waals surface area contributed by atoms with Gasteiger partial charge in [0.2, 0.25) is 5.91 Å². The van der Waals surface area contributed by atoms with Gasteiger partial charge in [0, 0.05) is 38.4 Å². The van der Waals surface area contributed by atoms with Gasteiger partial charge >= 0.3 is 0 Å². The monoisotopic (exact) mass is 372 g/mol. The number of nitrogens with zero attached hydrogens (tertiary/aromatic N) is 4. The van der Waals surface area contributed by atoms with Gasteiger partial charge in [0.25, 0.3) is 0 Å². The molecule has 2 heterocycles. The molecule has 1 aromatic heterocycles. The lowest BCUT2D eigenvalue weighted by atomic mass is 10.0. The first-order chi connectivity index (χ1) is 12.9. The zero-order valence-corrected chi connectivity index (χ0v) is 16.4. The maximum Gasteiger partial charge on any atom is 0.244 e. The van der Waals surface area contributed by atoms with Gasteiger partial charge in [-0.05, 0) is 42.5 Å². The Bertz CT molecular complexity index is 756. The molecular formula is C21H29FN4O. The predicted molar refractivity (Wildman–Crippen MR) is 104 cm³/mol. The molecule has 3 rings (SSSR count). The fraction of sp³-hybridized carbons (Fsp3) is 0.524. The summed E-state index contributed by atoms with van der Waals surface area (Å²) >= 11 is 0. The van der Waals surface area contributed by atoms with Gasteiger partial charge in [0.15, 0.2) is 0 Å². The van der Waals surface area contributed by atoms with Gasteiger partial charge in [0.1, 0.15) is 12.4 Å². The van der Waals surface area contributed by atoms with Crippen LogP contribution in [0.4, 0.5) is 4.39 Å². The molecule has 0 unspecified atom stereocenters. The Morgan fingerprint density at radius 1 is 1.26 bits per heavy atom. The summed E-state index contributed by atoms with van der Waals surface area (Å²) in [5.41, 5.74) is 2.16. The lowest BCUT2D eigenvalue weighted by Crippen LogP contribution is -2.46. The van der Waals surface area contributed by atoms with Gasteiger partial charge in [-0.3, -0.25) is 14.4 Å². The van der Waals surface area contributed by atoms with E-state index in [1.54, 1.807) is 10.9 Å². The second kappa shape index (κ2) is 8.65. The Morgan fingerprint density at radius 2 is 2.00 bits per heavy atom. The number of aryl methyl sites for hydroxylation is 1. The molecule has 1 fully saturated rings. The molecule has 5 nitrogen and oxygen atoms in total. The number of carbonyl (C=O) groups excluding carboxylic acids is 1. The van der Waals surface area contributed by atoms with Crippen molar-refractivity contribution in [3.05, 3.63) is 53.6 Å². The first-order valence-corrected chi connectivity index (χ1v) is 9.67. The van der Waals surface area contributed by atoms with E-state index in [0.29, 0.717) is 5.92 Å². The van der Waals surface area contributed by atoms with E-state index < -0.39 is 0 Å². The van der Waals surface area contributed by atoms with E-state index in [-0.39, 0.29) is 24.3 Å². The van der Waals surface area contributed by atoms with E-state index in [9.17, 15) is 9.18 Å². The van der Waals surface area contributed by atoms with Crippen molar-refractivity contribution >= 4 is 5.91 Å². The molecule has 0 bridgehead atoms. The van der Waals surface area contributed by atoms with Crippen LogP contribution >= 0.6 is 0 Å². The number of benzene rings is 1. The molecular weight excluding hydrogens is 343 g/mol. The quantitative estimate of drug-likeness (QED) is 0.810. The fourth-order valence-corrected chi connectivity index (χ4v) is 3.73. The molecule has 146 valence electrons. The third-order valence-corrected chi connectivity index (χ3v) is 5.23. The first-order valence-electron chi connectivity index (χ1n) is 9.67. The Morgan fingerprint density at radius 3 is 2.63 bits per heavy atom. The summed E-state index contributed by atoms with van der Waals surface area (Å²) in [5, 5.41) is 4.23. The Kier molecular flexibility index (Phi) is 6.26. The summed E-state index contributed by atoms with van der Waals surface area (Å²) in [6.07, 6.45) is 4.61. The largest absolute Gasteiger partial charge is 0.339 e. The summed E-state index contributed by atoms with van der Waals surface area (Å²) < 4.78 is 14.9. The lowest BCUT2D eigenvalue weighted by Gasteiger charge is -2.34. The maximum absolute atomic E-state index is 13.2. The molecule has 0 spiro atoms. The minimum absolute atomic E-state index is 0.118. The fourth-order valence-electron chi connectivity index (χ4n) is 3.73. The minimum atomic E-state index is -0.208. The average Bonchev–Trinajstić information content (AvgIpc) is 2.90. The van der Waals surface area contributed by atoms with E-state index in [2.05, 4.69) is 23.8 Å². The Labute approximate surface area is 160 Å². The van der Waals surface area contributed by atoms with E-state index in [0.717, 1.165) is 43.7 Å². The number of amides is 1. The third kappa shape index (κ3) is 5.16. The molecule has 1 saturated heterocycles. The van der Waals surface area contributed by atoms with Gasteiger partial charge in [-0.15, -0.1) is 0 Å². The predicted octanol–water partition coefficient (Wildman–Crippen LogP) is 3.09. The van der Waals surface area contributed by atoms with Crippen LogP contribution in [0.2, 0.25) is 0 Å². The van der Waals surface area contributed by atoms with Crippen molar-refractivity contribution in [2.75, 3.05) is 19.6 Å². The number of hydrogen-bond donors (Lipinski definition) is 0. The van der Waals surface area contributed by atoms with E-state index in [1.165, 1.54) is 12.1 Å². The number of aromatic nitrogens is 2. The van der Waals surface area contributed by atoms with Crippen molar-refractivity contribution < 1.29 is 9.18 Å². The zero-order chi connectivity index (χ0) is 19.4. The second-order valence-corrected chi connectivity index (χ2v) is 7.82. The molecule has 1 amide bonds. The molecule has 27 heavy (non-hydrogen) atoms. The topological polar surface area (TPSA) is 41.4 Å². The smallest absolute Gasteiger partial charge is 0.244 e. The van der Waals surface area contributed by atoms with E-state index in [1.807, 2.05) is 30.2 Å². The Hall–Kier alpha value is -2.21. The summed E-state index contributed by atoms with van der Waals surface area (Å²) in [6, 6.07) is 7.00. The summed E-state index contributed by atoms with van der Waals surface area (Å²) in [6.45, 7) is 9.87. The molecule has 1 aliphatic heterocycles. The van der Waals surface area contributed by atoms with Crippen molar-refractivity contribution in [2.24, 2.45) is 5.92 Å². The summed E-state index contributed by atoms with van der Waals surface area (Å²) in [4.78, 5) is 17.2. The number of carbonyl (C=O) groups is 1. The highest BCUT2D eigenvalue weighted by atomic mass is 19.1. The van der Waals surface area contributed by atoms with Gasteiger partial charge in [-0.1, -0.05) is 26.0 Å². The standard InChI is InChI=1S/C21H29FN4O/c1-16(2)20-14-25(21(27)15-26-12-17(3)11-23-26)10-4-9-24(20)13-18-5-7-19(22)8-6-18/h5-8,11-12,16,20H,4,9-10,13-15H2,1-3H3/t20-/m1/s1. The van der Waals surface area contributed by atoms with Crippen molar-refractivity contribution in [2.45, 2.75) is 46.3 Å².